The standard InChI is InChI=1S/C31H26NO4/c33-24(18-22-14-16-25(17-15-22)35-20-23-8-2-1-3-9-23)19-32-31(34)36-21-30-28-12-6-4-10-26(28)27-11-5-7-13-29(27)30/h1-18,30H,19-21H2,(H,32,34). The molecule has 1 N–H and O–H groups in total. The monoisotopic (exact) mass is 476 g/mol. The van der Waals surface area contributed by atoms with E-state index in [-0.39, 0.29) is 24.9 Å². The maximum absolute atomic E-state index is 12.3. The Balaban J connectivity index is 1.08. The van der Waals surface area contributed by atoms with Crippen molar-refractivity contribution in [1.29, 1.82) is 0 Å². The highest BCUT2D eigenvalue weighted by molar-refractivity contribution is 5.93. The highest BCUT2D eigenvalue weighted by Crippen LogP contribution is 2.44. The number of rotatable bonds is 9. The molecule has 4 aromatic rings. The molecule has 1 aliphatic rings. The molecule has 1 radical (unpaired) electrons. The Morgan fingerprint density at radius 2 is 1.36 bits per heavy atom. The van der Waals surface area contributed by atoms with Gasteiger partial charge < -0.3 is 14.8 Å². The molecule has 5 nitrogen and oxygen atoms in total. The van der Waals surface area contributed by atoms with Crippen LogP contribution in [0.5, 0.6) is 5.75 Å². The van der Waals surface area contributed by atoms with Gasteiger partial charge in [-0.05, 0) is 45.5 Å². The van der Waals surface area contributed by atoms with Crippen LogP contribution in [0.25, 0.3) is 11.1 Å². The maximum Gasteiger partial charge on any atom is 0.407 e. The van der Waals surface area contributed by atoms with Gasteiger partial charge in [-0.15, -0.1) is 0 Å². The Kier molecular flexibility index (Phi) is 7.08. The minimum Gasteiger partial charge on any atom is -0.489 e. The zero-order valence-electron chi connectivity index (χ0n) is 19.7. The van der Waals surface area contributed by atoms with Crippen molar-refractivity contribution < 1.29 is 19.1 Å². The third-order valence-electron chi connectivity index (χ3n) is 6.21. The molecule has 0 spiro atoms. The van der Waals surface area contributed by atoms with Gasteiger partial charge in [-0.25, -0.2) is 4.79 Å². The number of Topliss-reactive ketones (excluding diaryl/α,β-unsaturated/α-hetero) is 1. The van der Waals surface area contributed by atoms with Crippen molar-refractivity contribution in [3.8, 4) is 16.9 Å². The summed E-state index contributed by atoms with van der Waals surface area (Å²) in [6, 6.07) is 33.5. The van der Waals surface area contributed by atoms with Crippen molar-refractivity contribution in [2.24, 2.45) is 0 Å². The van der Waals surface area contributed by atoms with E-state index >= 15 is 0 Å². The molecule has 4 aromatic carbocycles. The molecule has 0 aliphatic heterocycles. The smallest absolute Gasteiger partial charge is 0.407 e. The predicted molar refractivity (Wildman–Crippen MR) is 139 cm³/mol. The molecule has 0 fully saturated rings. The topological polar surface area (TPSA) is 64.6 Å². The average Bonchev–Trinajstić information content (AvgIpc) is 3.24. The predicted octanol–water partition coefficient (Wildman–Crippen LogP) is 5.93. The third kappa shape index (κ3) is 5.47. The first kappa shape index (κ1) is 23.4. The molecule has 5 rings (SSSR count). The number of ketones is 1. The second-order valence-corrected chi connectivity index (χ2v) is 8.63. The molecule has 5 heteroatoms. The number of fused-ring (bicyclic) bond motifs is 3. The first-order valence-electron chi connectivity index (χ1n) is 11.9. The van der Waals surface area contributed by atoms with E-state index in [0.29, 0.717) is 6.61 Å². The van der Waals surface area contributed by atoms with Crippen LogP contribution in [0.15, 0.2) is 103 Å². The molecule has 0 saturated heterocycles. The van der Waals surface area contributed by atoms with Gasteiger partial charge in [0.2, 0.25) is 0 Å². The number of hydrogen-bond donors (Lipinski definition) is 1. The van der Waals surface area contributed by atoms with Gasteiger partial charge in [0.1, 0.15) is 19.0 Å². The molecule has 0 bridgehead atoms. The van der Waals surface area contributed by atoms with Crippen LogP contribution < -0.4 is 10.1 Å². The fraction of sp³-hybridized carbons (Fsp3) is 0.129. The number of amides is 1. The van der Waals surface area contributed by atoms with E-state index in [4.69, 9.17) is 9.47 Å². The number of hydrogen-bond acceptors (Lipinski definition) is 4. The molecule has 0 unspecified atom stereocenters. The molecule has 0 atom stereocenters. The zero-order chi connectivity index (χ0) is 24.7. The maximum atomic E-state index is 12.3. The van der Waals surface area contributed by atoms with Gasteiger partial charge in [0.05, 0.1) is 13.0 Å². The summed E-state index contributed by atoms with van der Waals surface area (Å²) in [5.74, 6) is 0.481. The summed E-state index contributed by atoms with van der Waals surface area (Å²) >= 11 is 0. The van der Waals surface area contributed by atoms with Crippen LogP contribution in [0, 0.1) is 6.42 Å². The van der Waals surface area contributed by atoms with E-state index in [2.05, 4.69) is 29.6 Å². The lowest BCUT2D eigenvalue weighted by Crippen LogP contribution is -2.31. The van der Waals surface area contributed by atoms with Crippen molar-refractivity contribution in [1.82, 2.24) is 5.32 Å². The van der Waals surface area contributed by atoms with Crippen molar-refractivity contribution in [3.63, 3.8) is 0 Å². The molecule has 36 heavy (non-hydrogen) atoms. The van der Waals surface area contributed by atoms with Crippen molar-refractivity contribution in [3.05, 3.63) is 132 Å². The van der Waals surface area contributed by atoms with Gasteiger partial charge in [0, 0.05) is 5.92 Å². The van der Waals surface area contributed by atoms with E-state index in [1.807, 2.05) is 78.9 Å². The van der Waals surface area contributed by atoms with Crippen LogP contribution >= 0.6 is 0 Å². The number of ether oxygens (including phenoxy) is 2. The Labute approximate surface area is 210 Å². The van der Waals surface area contributed by atoms with E-state index in [1.165, 1.54) is 17.5 Å². The highest BCUT2D eigenvalue weighted by Gasteiger charge is 2.29. The van der Waals surface area contributed by atoms with Gasteiger partial charge in [-0.1, -0.05) is 91.0 Å². The first-order chi connectivity index (χ1) is 17.7. The van der Waals surface area contributed by atoms with Crippen LogP contribution in [0.3, 0.4) is 0 Å². The molecule has 179 valence electrons. The second kappa shape index (κ2) is 10.9. The average molecular weight is 477 g/mol. The number of alkyl carbamates (subject to hydrolysis) is 1. The largest absolute Gasteiger partial charge is 0.489 e. The number of benzene rings is 4. The van der Waals surface area contributed by atoms with Gasteiger partial charge in [-0.3, -0.25) is 4.79 Å². The van der Waals surface area contributed by atoms with E-state index in [1.54, 1.807) is 0 Å². The summed E-state index contributed by atoms with van der Waals surface area (Å²) in [4.78, 5) is 24.6. The van der Waals surface area contributed by atoms with Crippen molar-refractivity contribution >= 4 is 11.9 Å². The first-order valence-corrected chi connectivity index (χ1v) is 11.9. The highest BCUT2D eigenvalue weighted by atomic mass is 16.5. The van der Waals surface area contributed by atoms with Gasteiger partial charge in [-0.2, -0.15) is 0 Å². The summed E-state index contributed by atoms with van der Waals surface area (Å²) in [6.07, 6.45) is 0.883. The normalized spacial score (nSPS) is 11.9. The van der Waals surface area contributed by atoms with Crippen LogP contribution in [0.4, 0.5) is 4.79 Å². The van der Waals surface area contributed by atoms with Gasteiger partial charge in [0.15, 0.2) is 5.78 Å². The number of carbonyl (C=O) groups excluding carboxylic acids is 2. The molecule has 1 aliphatic carbocycles. The fourth-order valence-corrected chi connectivity index (χ4v) is 4.45. The van der Waals surface area contributed by atoms with Crippen LogP contribution in [0.1, 0.15) is 28.2 Å². The Bertz CT molecular complexity index is 1300. The lowest BCUT2D eigenvalue weighted by molar-refractivity contribution is -0.114. The van der Waals surface area contributed by atoms with Gasteiger partial charge >= 0.3 is 6.09 Å². The molecule has 0 aromatic heterocycles. The minimum atomic E-state index is -0.608. The quantitative estimate of drug-likeness (QED) is 0.325. The third-order valence-corrected chi connectivity index (χ3v) is 6.21. The van der Waals surface area contributed by atoms with Crippen LogP contribution in [-0.4, -0.2) is 25.0 Å². The van der Waals surface area contributed by atoms with E-state index < -0.39 is 6.09 Å². The summed E-state index contributed by atoms with van der Waals surface area (Å²) < 4.78 is 11.3. The van der Waals surface area contributed by atoms with Crippen molar-refractivity contribution in [2.75, 3.05) is 13.2 Å². The summed E-state index contributed by atoms with van der Waals surface area (Å²) in [7, 11) is 0. The van der Waals surface area contributed by atoms with Gasteiger partial charge in [0.25, 0.3) is 0 Å². The Morgan fingerprint density at radius 1 is 0.750 bits per heavy atom. The van der Waals surface area contributed by atoms with Crippen LogP contribution in [0.2, 0.25) is 0 Å². The van der Waals surface area contributed by atoms with E-state index in [0.717, 1.165) is 28.0 Å². The molecular weight excluding hydrogens is 450 g/mol. The van der Waals surface area contributed by atoms with Crippen molar-refractivity contribution in [2.45, 2.75) is 12.5 Å². The molecule has 0 heterocycles. The fourth-order valence-electron chi connectivity index (χ4n) is 4.45. The lowest BCUT2D eigenvalue weighted by Gasteiger charge is -2.14. The number of carbonyl (C=O) groups is 2. The Morgan fingerprint density at radius 3 is 2.03 bits per heavy atom. The van der Waals surface area contributed by atoms with E-state index in [9.17, 15) is 9.59 Å². The summed E-state index contributed by atoms with van der Waals surface area (Å²) in [6.45, 7) is 0.554. The Hall–Kier alpha value is -4.38. The molecular formula is C31H26NO4. The summed E-state index contributed by atoms with van der Waals surface area (Å²) in [5.41, 5.74) is 6.45. The van der Waals surface area contributed by atoms with Crippen LogP contribution in [-0.2, 0) is 16.1 Å². The molecule has 0 saturated carbocycles. The number of nitrogens with one attached hydrogen (secondary N) is 1. The minimum absolute atomic E-state index is 0.0203. The summed E-state index contributed by atoms with van der Waals surface area (Å²) in [5, 5.41) is 2.56. The lowest BCUT2D eigenvalue weighted by atomic mass is 9.98. The zero-order valence-corrected chi connectivity index (χ0v) is 19.7. The SMILES string of the molecule is O=C([CH]c1ccc(OCc2ccccc2)cc1)CNC(=O)OCC1c2ccccc2-c2ccccc21. The second-order valence-electron chi connectivity index (χ2n) is 8.63. The molecule has 1 amide bonds.